The first-order chi connectivity index (χ1) is 11.6. The molecule has 0 bridgehead atoms. The summed E-state index contributed by atoms with van der Waals surface area (Å²) in [5.74, 6) is -4.99. The standard InChI is InChI=1S/C14H19F3N2O5S/c1-8(20)25-7-9(4-5-18)11(21)19-6-2-3-10(19)12(22)24-13(23)14(15,16)17/h9-10H,2-7,18H2,1H3/t9?,10-/m0/s1. The van der Waals surface area contributed by atoms with Gasteiger partial charge < -0.3 is 15.4 Å². The van der Waals surface area contributed by atoms with Gasteiger partial charge >= 0.3 is 18.1 Å². The van der Waals surface area contributed by atoms with E-state index < -0.39 is 36.0 Å². The number of carbonyl (C=O) groups is 4. The van der Waals surface area contributed by atoms with Crippen molar-refractivity contribution in [3.05, 3.63) is 0 Å². The quantitative estimate of drug-likeness (QED) is 0.534. The van der Waals surface area contributed by atoms with Crippen molar-refractivity contribution in [3.63, 3.8) is 0 Å². The predicted molar refractivity (Wildman–Crippen MR) is 82.2 cm³/mol. The molecule has 0 saturated carbocycles. The zero-order valence-electron chi connectivity index (χ0n) is 13.5. The number of nitrogens with two attached hydrogens (primary N) is 1. The van der Waals surface area contributed by atoms with E-state index in [-0.39, 0.29) is 36.8 Å². The molecule has 0 aromatic rings. The van der Waals surface area contributed by atoms with Crippen molar-refractivity contribution < 1.29 is 37.1 Å². The van der Waals surface area contributed by atoms with Crippen molar-refractivity contribution in [2.75, 3.05) is 18.8 Å². The molecule has 1 aliphatic heterocycles. The highest BCUT2D eigenvalue weighted by Gasteiger charge is 2.45. The highest BCUT2D eigenvalue weighted by molar-refractivity contribution is 8.13. The van der Waals surface area contributed by atoms with Gasteiger partial charge in [-0.05, 0) is 25.8 Å². The Morgan fingerprint density at radius 2 is 1.96 bits per heavy atom. The third-order valence-electron chi connectivity index (χ3n) is 3.58. The summed E-state index contributed by atoms with van der Waals surface area (Å²) in [6.07, 6.45) is -4.53. The van der Waals surface area contributed by atoms with Gasteiger partial charge in [0, 0.05) is 25.1 Å². The van der Waals surface area contributed by atoms with Gasteiger partial charge in [-0.15, -0.1) is 0 Å². The second kappa shape index (κ2) is 9.18. The fourth-order valence-corrected chi connectivity index (χ4v) is 3.17. The Balaban J connectivity index is 2.79. The Bertz CT molecular complexity index is 541. The first kappa shape index (κ1) is 21.4. The molecule has 1 rings (SSSR count). The zero-order chi connectivity index (χ0) is 19.2. The van der Waals surface area contributed by atoms with Gasteiger partial charge in [0.1, 0.15) is 6.04 Å². The van der Waals surface area contributed by atoms with Crippen LogP contribution >= 0.6 is 11.8 Å². The third kappa shape index (κ3) is 6.31. The van der Waals surface area contributed by atoms with E-state index in [1.165, 1.54) is 6.92 Å². The maximum absolute atomic E-state index is 12.6. The van der Waals surface area contributed by atoms with Gasteiger partial charge in [0.25, 0.3) is 0 Å². The minimum Gasteiger partial charge on any atom is -0.385 e. The second-order valence-electron chi connectivity index (χ2n) is 5.47. The molecule has 0 aromatic carbocycles. The van der Waals surface area contributed by atoms with E-state index in [0.717, 1.165) is 16.7 Å². The second-order valence-corrected chi connectivity index (χ2v) is 6.67. The number of likely N-dealkylation sites (tertiary alicyclic amines) is 1. The Morgan fingerprint density at radius 3 is 2.48 bits per heavy atom. The number of nitrogens with zero attached hydrogens (tertiary/aromatic N) is 1. The van der Waals surface area contributed by atoms with Gasteiger partial charge in [0.05, 0.1) is 0 Å². The van der Waals surface area contributed by atoms with Gasteiger partial charge in [0.15, 0.2) is 5.12 Å². The van der Waals surface area contributed by atoms with Crippen LogP contribution in [0, 0.1) is 5.92 Å². The minimum absolute atomic E-state index is 0.102. The van der Waals surface area contributed by atoms with E-state index in [1.54, 1.807) is 0 Å². The number of carbonyl (C=O) groups excluding carboxylic acids is 4. The van der Waals surface area contributed by atoms with E-state index in [0.29, 0.717) is 6.42 Å². The highest BCUT2D eigenvalue weighted by Crippen LogP contribution is 2.25. The Hall–Kier alpha value is -1.62. The maximum atomic E-state index is 12.6. The molecule has 1 aliphatic rings. The van der Waals surface area contributed by atoms with Gasteiger partial charge in [-0.2, -0.15) is 13.2 Å². The average molecular weight is 384 g/mol. The SMILES string of the molecule is CC(=O)SCC(CCN)C(=O)N1CCC[C@H]1C(=O)OC(=O)C(F)(F)F. The van der Waals surface area contributed by atoms with Crippen molar-refractivity contribution in [2.45, 2.75) is 38.4 Å². The van der Waals surface area contributed by atoms with Crippen molar-refractivity contribution in [3.8, 4) is 0 Å². The molecule has 7 nitrogen and oxygen atoms in total. The molecule has 1 fully saturated rings. The highest BCUT2D eigenvalue weighted by atomic mass is 32.2. The lowest BCUT2D eigenvalue weighted by Crippen LogP contribution is -2.46. The molecule has 1 saturated heterocycles. The Kier molecular flexibility index (Phi) is 7.87. The molecule has 1 amide bonds. The number of hydrogen-bond acceptors (Lipinski definition) is 7. The number of ether oxygens (including phenoxy) is 1. The Labute approximate surface area is 146 Å². The number of hydrogen-bond donors (Lipinski definition) is 1. The van der Waals surface area contributed by atoms with Crippen molar-refractivity contribution in [1.29, 1.82) is 0 Å². The van der Waals surface area contributed by atoms with Crippen LogP contribution in [0.15, 0.2) is 0 Å². The molecule has 2 N–H and O–H groups in total. The molecule has 0 aliphatic carbocycles. The van der Waals surface area contributed by atoms with E-state index in [1.807, 2.05) is 0 Å². The zero-order valence-corrected chi connectivity index (χ0v) is 14.3. The van der Waals surface area contributed by atoms with Gasteiger partial charge in [-0.25, -0.2) is 9.59 Å². The van der Waals surface area contributed by atoms with Crippen LogP contribution in [0.4, 0.5) is 13.2 Å². The molecule has 1 unspecified atom stereocenters. The van der Waals surface area contributed by atoms with Crippen molar-refractivity contribution in [1.82, 2.24) is 4.90 Å². The van der Waals surface area contributed by atoms with E-state index in [4.69, 9.17) is 5.73 Å². The van der Waals surface area contributed by atoms with Gasteiger partial charge in [-0.1, -0.05) is 11.8 Å². The summed E-state index contributed by atoms with van der Waals surface area (Å²) < 4.78 is 40.4. The number of rotatable bonds is 6. The number of amides is 1. The fraction of sp³-hybridized carbons (Fsp3) is 0.714. The van der Waals surface area contributed by atoms with Crippen LogP contribution in [0.2, 0.25) is 0 Å². The lowest BCUT2D eigenvalue weighted by molar-refractivity contribution is -0.203. The molecule has 0 spiro atoms. The molecule has 142 valence electrons. The largest absolute Gasteiger partial charge is 0.491 e. The third-order valence-corrected chi connectivity index (χ3v) is 4.56. The fourth-order valence-electron chi connectivity index (χ4n) is 2.42. The minimum atomic E-state index is -5.29. The van der Waals surface area contributed by atoms with Crippen LogP contribution in [-0.2, 0) is 23.9 Å². The summed E-state index contributed by atoms with van der Waals surface area (Å²) in [5, 5.41) is -0.192. The van der Waals surface area contributed by atoms with E-state index in [2.05, 4.69) is 4.74 Å². The molecular formula is C14H19F3N2O5S. The van der Waals surface area contributed by atoms with E-state index >= 15 is 0 Å². The molecule has 1 heterocycles. The summed E-state index contributed by atoms with van der Waals surface area (Å²) in [4.78, 5) is 47.4. The summed E-state index contributed by atoms with van der Waals surface area (Å²) in [6, 6.07) is -1.25. The topological polar surface area (TPSA) is 107 Å². The van der Waals surface area contributed by atoms with Crippen LogP contribution < -0.4 is 5.73 Å². The Morgan fingerprint density at radius 1 is 1.32 bits per heavy atom. The summed E-state index contributed by atoms with van der Waals surface area (Å²) in [7, 11) is 0. The molecule has 25 heavy (non-hydrogen) atoms. The summed E-state index contributed by atoms with van der Waals surface area (Å²) in [6.45, 7) is 1.67. The molecule has 11 heteroatoms. The smallest absolute Gasteiger partial charge is 0.385 e. The average Bonchev–Trinajstić information content (AvgIpc) is 2.99. The molecule has 0 radical (unpaired) electrons. The maximum Gasteiger partial charge on any atom is 0.491 e. The van der Waals surface area contributed by atoms with Gasteiger partial charge in [-0.3, -0.25) is 9.59 Å². The lowest BCUT2D eigenvalue weighted by atomic mass is 10.1. The van der Waals surface area contributed by atoms with Crippen LogP contribution in [0.25, 0.3) is 0 Å². The molecular weight excluding hydrogens is 365 g/mol. The number of alkyl halides is 3. The number of halogens is 3. The molecule has 0 aromatic heterocycles. The summed E-state index contributed by atoms with van der Waals surface area (Å²) >= 11 is 0.929. The summed E-state index contributed by atoms with van der Waals surface area (Å²) in [5.41, 5.74) is 5.45. The molecule has 2 atom stereocenters. The lowest BCUT2D eigenvalue weighted by Gasteiger charge is -2.27. The van der Waals surface area contributed by atoms with Crippen molar-refractivity contribution >= 4 is 34.7 Å². The van der Waals surface area contributed by atoms with E-state index in [9.17, 15) is 32.3 Å². The first-order valence-electron chi connectivity index (χ1n) is 7.54. The predicted octanol–water partition coefficient (Wildman–Crippen LogP) is 0.854. The van der Waals surface area contributed by atoms with Crippen LogP contribution in [0.5, 0.6) is 0 Å². The van der Waals surface area contributed by atoms with Crippen LogP contribution in [0.3, 0.4) is 0 Å². The first-order valence-corrected chi connectivity index (χ1v) is 8.53. The van der Waals surface area contributed by atoms with Crippen LogP contribution in [-0.4, -0.2) is 58.9 Å². The van der Waals surface area contributed by atoms with Crippen LogP contribution in [0.1, 0.15) is 26.2 Å². The number of esters is 2. The monoisotopic (exact) mass is 384 g/mol. The number of thioether (sulfide) groups is 1. The normalized spacial score (nSPS) is 18.8. The van der Waals surface area contributed by atoms with Gasteiger partial charge in [0.2, 0.25) is 5.91 Å². The van der Waals surface area contributed by atoms with Crippen molar-refractivity contribution in [2.24, 2.45) is 11.7 Å².